The van der Waals surface area contributed by atoms with Gasteiger partial charge >= 0.3 is 0 Å². The van der Waals surface area contributed by atoms with Crippen molar-refractivity contribution in [3.63, 3.8) is 0 Å². The molecule has 0 aliphatic rings. The molecule has 2 aromatic carbocycles. The molecule has 0 spiro atoms. The number of hydrogen-bond acceptors (Lipinski definition) is 3. The molecule has 0 unspecified atom stereocenters. The summed E-state index contributed by atoms with van der Waals surface area (Å²) in [7, 11) is 0. The minimum Gasteiger partial charge on any atom is -0.512 e. The van der Waals surface area contributed by atoms with Crippen molar-refractivity contribution < 1.29 is 34.4 Å². The molecule has 3 aromatic rings. The number of fused-ring (bicyclic) bond motifs is 1. The van der Waals surface area contributed by atoms with E-state index < -0.39 is 0 Å². The fourth-order valence-corrected chi connectivity index (χ4v) is 2.35. The van der Waals surface area contributed by atoms with Gasteiger partial charge in [0.25, 0.3) is 0 Å². The number of rotatable bonds is 2. The monoisotopic (exact) mass is 543 g/mol. The predicted octanol–water partition coefficient (Wildman–Crippen LogP) is 5.49. The molecule has 0 saturated heterocycles. The van der Waals surface area contributed by atoms with Gasteiger partial charge in [-0.05, 0) is 43.1 Å². The number of allylic oxidation sites excluding steroid dienone is 2. The third-order valence-electron chi connectivity index (χ3n) is 3.77. The fraction of sp³-hybridized carbons (Fsp3) is 0.182. The number of hydrogen-bond donors (Lipinski definition) is 1. The van der Waals surface area contributed by atoms with Gasteiger partial charge in [0.15, 0.2) is 5.78 Å². The second kappa shape index (κ2) is 10.1. The van der Waals surface area contributed by atoms with Gasteiger partial charge in [-0.2, -0.15) is 0 Å². The summed E-state index contributed by atoms with van der Waals surface area (Å²) in [5.41, 5.74) is 4.84. The van der Waals surface area contributed by atoms with Crippen molar-refractivity contribution in [1.29, 1.82) is 0 Å². The molecule has 1 heterocycles. The maximum Gasteiger partial charge on any atom is 0.155 e. The molecule has 3 nitrogen and oxygen atoms in total. The van der Waals surface area contributed by atoms with Crippen molar-refractivity contribution >= 4 is 16.7 Å². The van der Waals surface area contributed by atoms with E-state index in [2.05, 4.69) is 31.0 Å². The van der Waals surface area contributed by atoms with Gasteiger partial charge in [-0.15, -0.1) is 34.9 Å². The van der Waals surface area contributed by atoms with Crippen LogP contribution in [0.1, 0.15) is 25.0 Å². The summed E-state index contributed by atoms with van der Waals surface area (Å²) in [5, 5.41) is 9.30. The van der Waals surface area contributed by atoms with Crippen LogP contribution in [0.4, 0.5) is 4.39 Å². The summed E-state index contributed by atoms with van der Waals surface area (Å²) >= 11 is 0. The number of aliphatic hydroxyl groups excluding tert-OH is 1. The molecular formula is C22H21FIrNO2-. The van der Waals surface area contributed by atoms with Gasteiger partial charge < -0.3 is 5.11 Å². The zero-order valence-electron chi connectivity index (χ0n) is 15.6. The average Bonchev–Trinajstić information content (AvgIpc) is 2.56. The van der Waals surface area contributed by atoms with Crippen LogP contribution >= 0.6 is 0 Å². The number of pyridine rings is 1. The predicted molar refractivity (Wildman–Crippen MR) is 103 cm³/mol. The standard InChI is InChI=1S/C17H13FN.C5H8O2.Ir/c1-11-3-4-14(9-12(11)2)16-8-6-13-5-7-15(18)10-17(13)19-16;1-4(6)3-5(2)7;/h3,5-10H,1-2H3;3,6H,1-2H3;/q-1;;/b;4-3-;. The van der Waals surface area contributed by atoms with Crippen LogP contribution in [-0.4, -0.2) is 15.9 Å². The first-order chi connectivity index (χ1) is 12.3. The summed E-state index contributed by atoms with van der Waals surface area (Å²) in [4.78, 5) is 14.5. The number of benzene rings is 2. The van der Waals surface area contributed by atoms with E-state index in [1.54, 1.807) is 6.07 Å². The Morgan fingerprint density at radius 1 is 1.11 bits per heavy atom. The van der Waals surface area contributed by atoms with E-state index in [-0.39, 0.29) is 37.5 Å². The number of carbonyl (C=O) groups is 1. The molecule has 27 heavy (non-hydrogen) atoms. The molecule has 0 aliphatic carbocycles. The van der Waals surface area contributed by atoms with Crippen molar-refractivity contribution in [2.24, 2.45) is 0 Å². The number of ketones is 1. The molecule has 0 atom stereocenters. The summed E-state index contributed by atoms with van der Waals surface area (Å²) in [6.45, 7) is 6.97. The number of aryl methyl sites for hydroxylation is 2. The van der Waals surface area contributed by atoms with Crippen LogP contribution < -0.4 is 0 Å². The zero-order valence-corrected chi connectivity index (χ0v) is 18.0. The Bertz CT molecular complexity index is 979. The third-order valence-corrected chi connectivity index (χ3v) is 3.77. The van der Waals surface area contributed by atoms with Crippen LogP contribution in [0.25, 0.3) is 22.2 Å². The van der Waals surface area contributed by atoms with Crippen molar-refractivity contribution in [3.8, 4) is 11.3 Å². The van der Waals surface area contributed by atoms with Crippen molar-refractivity contribution in [3.05, 3.63) is 77.3 Å². The van der Waals surface area contributed by atoms with Gasteiger partial charge in [-0.1, -0.05) is 26.0 Å². The van der Waals surface area contributed by atoms with E-state index in [9.17, 15) is 9.18 Å². The van der Waals surface area contributed by atoms with Crippen LogP contribution in [-0.2, 0) is 24.9 Å². The van der Waals surface area contributed by atoms with E-state index in [4.69, 9.17) is 5.11 Å². The maximum atomic E-state index is 13.2. The van der Waals surface area contributed by atoms with Gasteiger partial charge in [0.05, 0.1) is 11.3 Å². The van der Waals surface area contributed by atoms with Crippen molar-refractivity contribution in [2.45, 2.75) is 27.7 Å². The van der Waals surface area contributed by atoms with Crippen LogP contribution in [0.2, 0.25) is 0 Å². The normalized spacial score (nSPS) is 10.6. The van der Waals surface area contributed by atoms with E-state index in [0.717, 1.165) is 16.6 Å². The molecule has 3 rings (SSSR count). The van der Waals surface area contributed by atoms with Crippen LogP contribution in [0, 0.1) is 25.7 Å². The summed E-state index contributed by atoms with van der Waals surface area (Å²) in [5.74, 6) is -0.325. The molecular weight excluding hydrogens is 521 g/mol. The summed E-state index contributed by atoms with van der Waals surface area (Å²) in [6.07, 6.45) is 1.17. The summed E-state index contributed by atoms with van der Waals surface area (Å²) < 4.78 is 13.2. The SMILES string of the molecule is CC(=O)/C=C(/C)O.Cc1c[c-]c(-c2ccc3ccc(F)cc3n2)cc1C.[Ir]. The smallest absolute Gasteiger partial charge is 0.155 e. The van der Waals surface area contributed by atoms with Crippen LogP contribution in [0.5, 0.6) is 0 Å². The van der Waals surface area contributed by atoms with E-state index in [1.807, 2.05) is 18.2 Å². The second-order valence-electron chi connectivity index (χ2n) is 6.14. The first kappa shape index (κ1) is 22.7. The van der Waals surface area contributed by atoms with E-state index in [0.29, 0.717) is 5.52 Å². The molecule has 0 aliphatic heterocycles. The minimum atomic E-state index is -0.263. The molecule has 5 heteroatoms. The van der Waals surface area contributed by atoms with E-state index in [1.165, 1.54) is 43.2 Å². The second-order valence-corrected chi connectivity index (χ2v) is 6.14. The first-order valence-corrected chi connectivity index (χ1v) is 8.19. The Morgan fingerprint density at radius 2 is 1.78 bits per heavy atom. The van der Waals surface area contributed by atoms with Gasteiger partial charge in [-0.3, -0.25) is 9.78 Å². The minimum absolute atomic E-state index is 0. The first-order valence-electron chi connectivity index (χ1n) is 8.19. The largest absolute Gasteiger partial charge is 0.512 e. The zero-order chi connectivity index (χ0) is 19.3. The van der Waals surface area contributed by atoms with Gasteiger partial charge in [-0.25, -0.2) is 4.39 Å². The van der Waals surface area contributed by atoms with Crippen molar-refractivity contribution in [1.82, 2.24) is 4.98 Å². The molecule has 0 amide bonds. The number of aromatic nitrogens is 1. The van der Waals surface area contributed by atoms with Gasteiger partial charge in [0.2, 0.25) is 0 Å². The fourth-order valence-electron chi connectivity index (χ4n) is 2.35. The molecule has 143 valence electrons. The molecule has 0 bridgehead atoms. The maximum absolute atomic E-state index is 13.2. The quantitative estimate of drug-likeness (QED) is 0.265. The topological polar surface area (TPSA) is 50.2 Å². The van der Waals surface area contributed by atoms with Crippen LogP contribution in [0.3, 0.4) is 0 Å². The van der Waals surface area contributed by atoms with Gasteiger partial charge in [0, 0.05) is 26.2 Å². The van der Waals surface area contributed by atoms with Crippen molar-refractivity contribution in [2.75, 3.05) is 0 Å². The molecule has 1 aromatic heterocycles. The molecule has 1 N–H and O–H groups in total. The van der Waals surface area contributed by atoms with Crippen LogP contribution in [0.15, 0.2) is 54.3 Å². The number of aliphatic hydroxyl groups is 1. The Labute approximate surface area is 172 Å². The molecule has 1 radical (unpaired) electrons. The molecule has 0 fully saturated rings. The summed E-state index contributed by atoms with van der Waals surface area (Å²) in [6, 6.07) is 15.8. The number of nitrogens with zero attached hydrogens (tertiary/aromatic N) is 1. The molecule has 0 saturated carbocycles. The Kier molecular flexibility index (Phi) is 8.48. The Hall–Kier alpha value is -2.36. The third kappa shape index (κ3) is 6.70. The van der Waals surface area contributed by atoms with Gasteiger partial charge in [0.1, 0.15) is 5.82 Å². The Morgan fingerprint density at radius 3 is 2.33 bits per heavy atom. The average molecular weight is 543 g/mol. The van der Waals surface area contributed by atoms with E-state index >= 15 is 0 Å². The number of carbonyl (C=O) groups excluding carboxylic acids is 1. The Balaban J connectivity index is 0.000000395. The number of halogens is 1.